The molecule has 6 bridgehead atoms. The van der Waals surface area contributed by atoms with Crippen LogP contribution in [-0.4, -0.2) is 146 Å². The fraction of sp³-hybridized carbons (Fsp3) is 0.587. The zero-order valence-corrected chi connectivity index (χ0v) is 38.8. The van der Waals surface area contributed by atoms with Crippen molar-refractivity contribution >= 4 is 45.8 Å². The van der Waals surface area contributed by atoms with E-state index in [0.717, 1.165) is 83.0 Å². The minimum Gasteiger partial charge on any atom is -0.464 e. The number of thiazole rings is 1. The molecule has 3 aromatic heterocycles. The summed E-state index contributed by atoms with van der Waals surface area (Å²) >= 11 is 1.38. The molecule has 0 radical (unpaired) electrons. The standard InChI is InChI=1S/C46H63N9O7S/c1-9-53-37-13-12-29-21-32(37)34(40(53)33-22-31(24-47-38(33)28(2)60-7)52-19-17-51(5)18-20-52)23-46(3,4)27-62-44(57)35-11-10-15-55(50-35)43(56)39(41(61-8)42-48-36(29)26-63-42)49-45(58)54-16-14-30(54)25-59-6/h12-13,21-22,24,26,28,30,35,39,41,50H,9-11,14-20,23,25,27H2,1-8H3,(H,49,58)/t28-,30-,35-,39-,41-/m0/s1. The van der Waals surface area contributed by atoms with Crippen molar-refractivity contribution in [3.05, 3.63) is 52.1 Å². The number of methoxy groups -OCH3 is 3. The zero-order chi connectivity index (χ0) is 44.6. The number of amides is 3. The van der Waals surface area contributed by atoms with Gasteiger partial charge in [-0.05, 0) is 70.3 Å². The minimum absolute atomic E-state index is 0.0942. The molecule has 2 N–H and O–H groups in total. The second kappa shape index (κ2) is 18.8. The number of fused-ring (bicyclic) bond motifs is 6. The maximum Gasteiger partial charge on any atom is 0.324 e. The molecule has 0 unspecified atom stereocenters. The number of aromatic nitrogens is 3. The Morgan fingerprint density at radius 3 is 2.57 bits per heavy atom. The molecular formula is C46H63N9O7S. The molecule has 4 aliphatic rings. The molecule has 4 aliphatic heterocycles. The Morgan fingerprint density at radius 1 is 1.08 bits per heavy atom. The van der Waals surface area contributed by atoms with E-state index in [1.807, 2.05) is 18.5 Å². The molecular weight excluding hydrogens is 823 g/mol. The summed E-state index contributed by atoms with van der Waals surface area (Å²) < 4.78 is 25.9. The number of rotatable bonds is 9. The Kier molecular flexibility index (Phi) is 13.4. The van der Waals surface area contributed by atoms with E-state index in [2.05, 4.69) is 77.2 Å². The highest BCUT2D eigenvalue weighted by atomic mass is 32.1. The zero-order valence-electron chi connectivity index (χ0n) is 37.9. The number of ether oxygens (including phenoxy) is 4. The lowest BCUT2D eigenvalue weighted by molar-refractivity contribution is -0.155. The molecule has 340 valence electrons. The number of anilines is 1. The van der Waals surface area contributed by atoms with E-state index < -0.39 is 35.5 Å². The van der Waals surface area contributed by atoms with Gasteiger partial charge in [0.25, 0.3) is 5.91 Å². The summed E-state index contributed by atoms with van der Waals surface area (Å²) in [6.45, 7) is 14.3. The number of aryl methyl sites for hydroxylation is 1. The number of nitrogens with zero attached hydrogens (tertiary/aromatic N) is 7. The summed E-state index contributed by atoms with van der Waals surface area (Å²) in [5.41, 5.74) is 10.5. The van der Waals surface area contributed by atoms with Crippen molar-refractivity contribution in [2.75, 3.05) is 85.8 Å². The minimum atomic E-state index is -1.15. The van der Waals surface area contributed by atoms with Crippen LogP contribution in [0.3, 0.4) is 0 Å². The van der Waals surface area contributed by atoms with Gasteiger partial charge >= 0.3 is 12.0 Å². The van der Waals surface area contributed by atoms with Gasteiger partial charge < -0.3 is 43.5 Å². The Balaban J connectivity index is 1.27. The van der Waals surface area contributed by atoms with E-state index in [-0.39, 0.29) is 24.8 Å². The number of likely N-dealkylation sites (N-methyl/N-ethyl adjacent to an activating group) is 1. The van der Waals surface area contributed by atoms with Crippen LogP contribution in [0.25, 0.3) is 33.4 Å². The number of hydrazine groups is 1. The van der Waals surface area contributed by atoms with Crippen LogP contribution in [0, 0.1) is 5.41 Å². The number of hydrogen-bond donors (Lipinski definition) is 2. The maximum atomic E-state index is 14.6. The van der Waals surface area contributed by atoms with Crippen LogP contribution in [0.4, 0.5) is 10.5 Å². The van der Waals surface area contributed by atoms with E-state index >= 15 is 0 Å². The average Bonchev–Trinajstić information content (AvgIpc) is 3.88. The van der Waals surface area contributed by atoms with E-state index in [9.17, 15) is 14.4 Å². The first-order valence-electron chi connectivity index (χ1n) is 22.2. The van der Waals surface area contributed by atoms with E-state index in [1.165, 1.54) is 23.5 Å². The fourth-order valence-electron chi connectivity index (χ4n) is 9.39. The van der Waals surface area contributed by atoms with Gasteiger partial charge in [0, 0.05) is 100.0 Å². The number of carbonyl (C=O) groups is 3. The van der Waals surface area contributed by atoms with Gasteiger partial charge in [0.2, 0.25) is 0 Å². The van der Waals surface area contributed by atoms with Gasteiger partial charge in [0.05, 0.1) is 54.3 Å². The third-order valence-electron chi connectivity index (χ3n) is 13.2. The highest BCUT2D eigenvalue weighted by molar-refractivity contribution is 7.10. The third-order valence-corrected chi connectivity index (χ3v) is 14.1. The molecule has 7 heterocycles. The Hall–Kier alpha value is -4.65. The summed E-state index contributed by atoms with van der Waals surface area (Å²) in [7, 11) is 7.01. The van der Waals surface area contributed by atoms with Gasteiger partial charge in [0.15, 0.2) is 0 Å². The lowest BCUT2D eigenvalue weighted by atomic mass is 9.84. The number of cyclic esters (lactones) is 1. The smallest absolute Gasteiger partial charge is 0.324 e. The Bertz CT molecular complexity index is 2310. The molecule has 17 heteroatoms. The maximum absolute atomic E-state index is 14.6. The van der Waals surface area contributed by atoms with Gasteiger partial charge in [-0.1, -0.05) is 19.9 Å². The summed E-state index contributed by atoms with van der Waals surface area (Å²) in [5.74, 6) is -0.862. The molecule has 16 nitrogen and oxygen atoms in total. The van der Waals surface area contributed by atoms with Crippen LogP contribution in [-0.2, 0) is 41.5 Å². The Morgan fingerprint density at radius 2 is 1.87 bits per heavy atom. The van der Waals surface area contributed by atoms with Crippen molar-refractivity contribution in [2.24, 2.45) is 5.41 Å². The molecule has 5 atom stereocenters. The lowest BCUT2D eigenvalue weighted by Crippen LogP contribution is -2.64. The molecule has 63 heavy (non-hydrogen) atoms. The number of hydrogen-bond acceptors (Lipinski definition) is 13. The van der Waals surface area contributed by atoms with Crippen LogP contribution in [0.2, 0.25) is 0 Å². The van der Waals surface area contributed by atoms with Crippen LogP contribution >= 0.6 is 11.3 Å². The Labute approximate surface area is 374 Å². The SMILES string of the molecule is CCn1c(-c2cc(N3CCN(C)CC3)cnc2[C@H](C)OC)c2c3cc(ccc31)-c1csc(n1)[C@@H](OC)[C@H](NC(=O)N1CC[C@H]1COC)C(=O)N1CCC[C@H](N1)C(=O)OCC(C)(C)C2. The second-order valence-electron chi connectivity index (χ2n) is 18.1. The van der Waals surface area contributed by atoms with Crippen molar-refractivity contribution in [1.82, 2.24) is 40.1 Å². The molecule has 8 rings (SSSR count). The van der Waals surface area contributed by atoms with Crippen molar-refractivity contribution in [2.45, 2.75) is 90.3 Å². The van der Waals surface area contributed by atoms with E-state index in [1.54, 1.807) is 19.1 Å². The van der Waals surface area contributed by atoms with Gasteiger partial charge in [0.1, 0.15) is 23.2 Å². The van der Waals surface area contributed by atoms with Crippen molar-refractivity contribution in [1.29, 1.82) is 0 Å². The number of nitrogens with one attached hydrogen (secondary N) is 2. The highest BCUT2D eigenvalue weighted by Crippen LogP contribution is 2.43. The van der Waals surface area contributed by atoms with Crippen LogP contribution in [0.1, 0.15) is 75.4 Å². The number of urea groups is 1. The molecule has 4 aromatic rings. The summed E-state index contributed by atoms with van der Waals surface area (Å²) in [4.78, 5) is 59.0. The van der Waals surface area contributed by atoms with E-state index in [0.29, 0.717) is 50.5 Å². The normalized spacial score (nSPS) is 23.9. The summed E-state index contributed by atoms with van der Waals surface area (Å²) in [6.07, 6.45) is 3.23. The fourth-order valence-corrected chi connectivity index (χ4v) is 10.3. The predicted octanol–water partition coefficient (Wildman–Crippen LogP) is 5.41. The van der Waals surface area contributed by atoms with Gasteiger partial charge in [-0.3, -0.25) is 19.6 Å². The summed E-state index contributed by atoms with van der Waals surface area (Å²) in [5, 5.41) is 8.02. The number of piperazine rings is 1. The first-order chi connectivity index (χ1) is 30.3. The van der Waals surface area contributed by atoms with Crippen LogP contribution < -0.4 is 15.6 Å². The molecule has 3 amide bonds. The largest absolute Gasteiger partial charge is 0.464 e. The quantitative estimate of drug-likeness (QED) is 0.207. The molecule has 1 aromatic carbocycles. The number of benzene rings is 1. The van der Waals surface area contributed by atoms with Crippen molar-refractivity contribution < 1.29 is 33.3 Å². The van der Waals surface area contributed by atoms with Gasteiger partial charge in [-0.25, -0.2) is 15.2 Å². The number of esters is 1. The van der Waals surface area contributed by atoms with Crippen molar-refractivity contribution in [3.63, 3.8) is 0 Å². The monoisotopic (exact) mass is 885 g/mol. The number of carbonyl (C=O) groups excluding carboxylic acids is 3. The number of pyridine rings is 1. The lowest BCUT2D eigenvalue weighted by Gasteiger charge is -2.42. The first kappa shape index (κ1) is 44.9. The highest BCUT2D eigenvalue weighted by Gasteiger charge is 2.42. The first-order valence-corrected chi connectivity index (χ1v) is 23.1. The average molecular weight is 886 g/mol. The second-order valence-corrected chi connectivity index (χ2v) is 19.0. The van der Waals surface area contributed by atoms with Gasteiger partial charge in [-0.2, -0.15) is 0 Å². The van der Waals surface area contributed by atoms with Crippen LogP contribution in [0.5, 0.6) is 0 Å². The van der Waals surface area contributed by atoms with Gasteiger partial charge in [-0.15, -0.1) is 11.3 Å². The predicted molar refractivity (Wildman–Crippen MR) is 242 cm³/mol. The molecule has 0 spiro atoms. The molecule has 0 saturated carbocycles. The topological polar surface area (TPSA) is 156 Å². The van der Waals surface area contributed by atoms with Crippen LogP contribution in [0.15, 0.2) is 35.8 Å². The molecule has 3 fully saturated rings. The van der Waals surface area contributed by atoms with E-state index in [4.69, 9.17) is 28.9 Å². The number of likely N-dealkylation sites (tertiary alicyclic amines) is 1. The molecule has 3 saturated heterocycles. The van der Waals surface area contributed by atoms with Crippen molar-refractivity contribution in [3.8, 4) is 22.5 Å². The molecule has 0 aliphatic carbocycles. The third kappa shape index (κ3) is 9.05. The summed E-state index contributed by atoms with van der Waals surface area (Å²) in [6, 6.07) is 6.34.